The van der Waals surface area contributed by atoms with Crippen LogP contribution in [0.1, 0.15) is 24.8 Å². The number of nitrogens with one attached hydrogen (secondary N) is 1. The quantitative estimate of drug-likeness (QED) is 0.926. The van der Waals surface area contributed by atoms with Crippen molar-refractivity contribution in [2.24, 2.45) is 0 Å². The van der Waals surface area contributed by atoms with Crippen molar-refractivity contribution in [2.45, 2.75) is 25.7 Å². The van der Waals surface area contributed by atoms with E-state index in [0.717, 1.165) is 25.1 Å². The average molecular weight is 298 g/mol. The zero-order valence-corrected chi connectivity index (χ0v) is 12.3. The topological polar surface area (TPSA) is 51.0 Å². The third-order valence-corrected chi connectivity index (χ3v) is 3.73. The number of nitrogens with zero attached hydrogens (tertiary/aromatic N) is 2. The lowest BCUT2D eigenvalue weighted by Crippen LogP contribution is -2.25. The molecule has 0 radical (unpaired) electrons. The second-order valence-corrected chi connectivity index (χ2v) is 5.37. The van der Waals surface area contributed by atoms with Crippen LogP contribution >= 0.6 is 12.4 Å². The van der Waals surface area contributed by atoms with Crippen molar-refractivity contribution in [3.63, 3.8) is 0 Å². The zero-order chi connectivity index (χ0) is 13.5. The maximum Gasteiger partial charge on any atom is 0.234 e. The van der Waals surface area contributed by atoms with Gasteiger partial charge in [-0.3, -0.25) is 0 Å². The summed E-state index contributed by atoms with van der Waals surface area (Å²) in [5.74, 6) is 0.945. The predicted octanol–water partition coefficient (Wildman–Crippen LogP) is 2.86. The van der Waals surface area contributed by atoms with Crippen LogP contribution in [0.5, 0.6) is 0 Å². The first-order chi connectivity index (χ1) is 9.08. The normalized spacial score (nSPS) is 21.8. The van der Waals surface area contributed by atoms with Gasteiger partial charge in [-0.1, -0.05) is 5.16 Å². The molecule has 1 aromatic carbocycles. The van der Waals surface area contributed by atoms with Gasteiger partial charge in [0.25, 0.3) is 0 Å². The fraction of sp³-hybridized carbons (Fsp3) is 0.429. The summed E-state index contributed by atoms with van der Waals surface area (Å²) in [5, 5.41) is 7.31. The molecule has 1 aliphatic heterocycles. The minimum Gasteiger partial charge on any atom is -0.338 e. The molecule has 3 rings (SSSR count). The number of halogens is 2. The highest BCUT2D eigenvalue weighted by Gasteiger charge is 2.36. The summed E-state index contributed by atoms with van der Waals surface area (Å²) >= 11 is 0. The molecule has 0 bridgehead atoms. The lowest BCUT2D eigenvalue weighted by atomic mass is 9.90. The van der Waals surface area contributed by atoms with Crippen molar-refractivity contribution >= 4 is 12.4 Å². The summed E-state index contributed by atoms with van der Waals surface area (Å²) in [4.78, 5) is 4.46. The Kier molecular flexibility index (Phi) is 4.11. The average Bonchev–Trinajstić information content (AvgIpc) is 3.02. The Morgan fingerprint density at radius 1 is 1.40 bits per heavy atom. The van der Waals surface area contributed by atoms with Gasteiger partial charge in [-0.2, -0.15) is 4.98 Å². The molecule has 1 atom stereocenters. The maximum atomic E-state index is 13.3. The Balaban J connectivity index is 0.00000147. The van der Waals surface area contributed by atoms with Crippen LogP contribution in [0, 0.1) is 12.7 Å². The highest BCUT2D eigenvalue weighted by atomic mass is 35.5. The number of benzene rings is 1. The summed E-state index contributed by atoms with van der Waals surface area (Å²) in [6.07, 6.45) is 0.983. The van der Waals surface area contributed by atoms with E-state index in [1.165, 1.54) is 6.07 Å². The molecule has 1 N–H and O–H groups in total. The molecule has 1 saturated heterocycles. The van der Waals surface area contributed by atoms with Gasteiger partial charge in [0.1, 0.15) is 5.82 Å². The lowest BCUT2D eigenvalue weighted by molar-refractivity contribution is 0.306. The number of rotatable bonds is 2. The molecule has 0 saturated carbocycles. The van der Waals surface area contributed by atoms with Crippen LogP contribution in [-0.4, -0.2) is 23.2 Å². The second kappa shape index (κ2) is 5.50. The maximum absolute atomic E-state index is 13.3. The third-order valence-electron chi connectivity index (χ3n) is 3.73. The van der Waals surface area contributed by atoms with Gasteiger partial charge in [-0.15, -0.1) is 12.4 Å². The van der Waals surface area contributed by atoms with Crippen LogP contribution in [0.15, 0.2) is 22.7 Å². The zero-order valence-electron chi connectivity index (χ0n) is 11.4. The van der Waals surface area contributed by atoms with Crippen molar-refractivity contribution < 1.29 is 8.91 Å². The predicted molar refractivity (Wildman–Crippen MR) is 76.5 cm³/mol. The summed E-state index contributed by atoms with van der Waals surface area (Å²) in [6.45, 7) is 5.64. The highest BCUT2D eigenvalue weighted by Crippen LogP contribution is 2.30. The van der Waals surface area contributed by atoms with E-state index in [0.29, 0.717) is 17.3 Å². The van der Waals surface area contributed by atoms with E-state index in [2.05, 4.69) is 22.4 Å². The Hall–Kier alpha value is -1.46. The van der Waals surface area contributed by atoms with E-state index >= 15 is 0 Å². The molecule has 1 aromatic heterocycles. The van der Waals surface area contributed by atoms with Crippen LogP contribution in [0.3, 0.4) is 0 Å². The Bertz CT molecular complexity index is 608. The molecule has 1 aliphatic rings. The minimum absolute atomic E-state index is 0. The Morgan fingerprint density at radius 3 is 2.85 bits per heavy atom. The molecule has 108 valence electrons. The molecular weight excluding hydrogens is 281 g/mol. The monoisotopic (exact) mass is 297 g/mol. The van der Waals surface area contributed by atoms with Gasteiger partial charge in [-0.05, 0) is 50.6 Å². The van der Waals surface area contributed by atoms with Gasteiger partial charge in [0, 0.05) is 12.1 Å². The molecule has 20 heavy (non-hydrogen) atoms. The smallest absolute Gasteiger partial charge is 0.234 e. The molecule has 4 nitrogen and oxygen atoms in total. The lowest BCUT2D eigenvalue weighted by Gasteiger charge is -2.15. The van der Waals surface area contributed by atoms with Crippen LogP contribution in [0.25, 0.3) is 11.4 Å². The summed E-state index contributed by atoms with van der Waals surface area (Å²) in [7, 11) is 0. The van der Waals surface area contributed by atoms with Crippen molar-refractivity contribution in [3.05, 3.63) is 35.5 Å². The van der Waals surface area contributed by atoms with Crippen LogP contribution in [-0.2, 0) is 5.41 Å². The largest absolute Gasteiger partial charge is 0.338 e. The number of aromatic nitrogens is 2. The summed E-state index contributed by atoms with van der Waals surface area (Å²) < 4.78 is 18.6. The van der Waals surface area contributed by atoms with Gasteiger partial charge in [-0.25, -0.2) is 4.39 Å². The molecule has 1 fully saturated rings. The standard InChI is InChI=1S/C14H16FN3O.ClH/c1-9-7-10(3-4-11(9)15)12-17-13(19-18-12)14(2)5-6-16-8-14;/h3-4,7,16H,5-6,8H2,1-2H3;1H. The first-order valence-corrected chi connectivity index (χ1v) is 6.40. The molecule has 0 amide bonds. The van der Waals surface area contributed by atoms with Crippen molar-refractivity contribution in [3.8, 4) is 11.4 Å². The number of aryl methyl sites for hydroxylation is 1. The molecule has 0 spiro atoms. The van der Waals surface area contributed by atoms with Crippen molar-refractivity contribution in [1.29, 1.82) is 0 Å². The number of hydrogen-bond donors (Lipinski definition) is 1. The van der Waals surface area contributed by atoms with Gasteiger partial charge >= 0.3 is 0 Å². The fourth-order valence-electron chi connectivity index (χ4n) is 2.37. The van der Waals surface area contributed by atoms with Crippen LogP contribution < -0.4 is 5.32 Å². The van der Waals surface area contributed by atoms with Crippen molar-refractivity contribution in [1.82, 2.24) is 15.5 Å². The van der Waals surface area contributed by atoms with E-state index in [9.17, 15) is 4.39 Å². The van der Waals surface area contributed by atoms with Gasteiger partial charge in [0.15, 0.2) is 0 Å². The Labute approximate surface area is 123 Å². The van der Waals surface area contributed by atoms with Crippen LogP contribution in [0.2, 0.25) is 0 Å². The second-order valence-electron chi connectivity index (χ2n) is 5.37. The molecule has 2 heterocycles. The van der Waals surface area contributed by atoms with Gasteiger partial charge in [0.05, 0.1) is 5.41 Å². The minimum atomic E-state index is -0.223. The van der Waals surface area contributed by atoms with Crippen LogP contribution in [0.4, 0.5) is 4.39 Å². The molecule has 1 unspecified atom stereocenters. The van der Waals surface area contributed by atoms with Gasteiger partial charge in [0.2, 0.25) is 11.7 Å². The Morgan fingerprint density at radius 2 is 2.20 bits per heavy atom. The van der Waals surface area contributed by atoms with E-state index in [4.69, 9.17) is 4.52 Å². The first kappa shape index (κ1) is 14.9. The van der Waals surface area contributed by atoms with Gasteiger partial charge < -0.3 is 9.84 Å². The summed E-state index contributed by atoms with van der Waals surface area (Å²) in [5.41, 5.74) is 1.27. The third kappa shape index (κ3) is 2.55. The highest BCUT2D eigenvalue weighted by molar-refractivity contribution is 5.85. The van der Waals surface area contributed by atoms with E-state index in [1.807, 2.05) is 0 Å². The molecular formula is C14H17ClFN3O. The number of hydrogen-bond acceptors (Lipinski definition) is 4. The molecule has 2 aromatic rings. The SMILES string of the molecule is Cc1cc(-c2noc(C3(C)CCNC3)n2)ccc1F.Cl. The van der Waals surface area contributed by atoms with E-state index in [-0.39, 0.29) is 23.6 Å². The molecule has 6 heteroatoms. The van der Waals surface area contributed by atoms with E-state index in [1.54, 1.807) is 19.1 Å². The molecule has 0 aliphatic carbocycles. The van der Waals surface area contributed by atoms with E-state index < -0.39 is 0 Å². The fourth-order valence-corrected chi connectivity index (χ4v) is 2.37. The first-order valence-electron chi connectivity index (χ1n) is 6.40. The summed E-state index contributed by atoms with van der Waals surface area (Å²) in [6, 6.07) is 4.84. The van der Waals surface area contributed by atoms with Crippen molar-refractivity contribution in [2.75, 3.05) is 13.1 Å².